The summed E-state index contributed by atoms with van der Waals surface area (Å²) in [5.41, 5.74) is 1.58. The first-order chi connectivity index (χ1) is 11.1. The van der Waals surface area contributed by atoms with Crippen LogP contribution >= 0.6 is 11.6 Å². The first kappa shape index (κ1) is 15.5. The molecule has 0 radical (unpaired) electrons. The van der Waals surface area contributed by atoms with Crippen LogP contribution in [0.25, 0.3) is 0 Å². The van der Waals surface area contributed by atoms with E-state index in [4.69, 9.17) is 21.1 Å². The second-order valence-corrected chi connectivity index (χ2v) is 5.67. The van der Waals surface area contributed by atoms with Crippen LogP contribution in [0.4, 0.5) is 10.5 Å². The fourth-order valence-corrected chi connectivity index (χ4v) is 2.53. The van der Waals surface area contributed by atoms with E-state index in [1.807, 2.05) is 25.1 Å². The molecule has 0 saturated heterocycles. The van der Waals surface area contributed by atoms with Gasteiger partial charge in [-0.05, 0) is 42.8 Å². The van der Waals surface area contributed by atoms with Crippen molar-refractivity contribution in [2.75, 3.05) is 18.5 Å². The van der Waals surface area contributed by atoms with Gasteiger partial charge >= 0.3 is 6.03 Å². The highest BCUT2D eigenvalue weighted by molar-refractivity contribution is 6.30. The van der Waals surface area contributed by atoms with Crippen molar-refractivity contribution >= 4 is 23.3 Å². The highest BCUT2D eigenvalue weighted by Gasteiger charge is 2.15. The molecule has 2 amide bonds. The molecule has 5 nitrogen and oxygen atoms in total. The summed E-state index contributed by atoms with van der Waals surface area (Å²) in [6, 6.07) is 12.2. The maximum absolute atomic E-state index is 12.1. The van der Waals surface area contributed by atoms with Crippen LogP contribution in [0.2, 0.25) is 5.02 Å². The van der Waals surface area contributed by atoms with E-state index in [1.54, 1.807) is 24.3 Å². The van der Waals surface area contributed by atoms with Gasteiger partial charge < -0.3 is 20.1 Å². The predicted octanol–water partition coefficient (Wildman–Crippen LogP) is 3.99. The molecule has 2 N–H and O–H groups in total. The monoisotopic (exact) mass is 332 g/mol. The number of benzene rings is 2. The van der Waals surface area contributed by atoms with E-state index in [2.05, 4.69) is 10.6 Å². The van der Waals surface area contributed by atoms with Gasteiger partial charge in [-0.15, -0.1) is 0 Å². The molecule has 2 aromatic carbocycles. The smallest absolute Gasteiger partial charge is 0.319 e. The third-order valence-electron chi connectivity index (χ3n) is 3.50. The molecule has 1 heterocycles. The normalized spacial score (nSPS) is 14.0. The van der Waals surface area contributed by atoms with Crippen LogP contribution in [0.15, 0.2) is 42.5 Å². The molecule has 0 aliphatic carbocycles. The zero-order chi connectivity index (χ0) is 16.2. The third-order valence-corrected chi connectivity index (χ3v) is 3.73. The maximum Gasteiger partial charge on any atom is 0.319 e. The molecule has 0 spiro atoms. The number of nitrogens with one attached hydrogen (secondary N) is 2. The second kappa shape index (κ2) is 6.79. The van der Waals surface area contributed by atoms with E-state index >= 15 is 0 Å². The van der Waals surface area contributed by atoms with Crippen molar-refractivity contribution in [1.82, 2.24) is 5.32 Å². The van der Waals surface area contributed by atoms with Gasteiger partial charge in [0.15, 0.2) is 11.5 Å². The summed E-state index contributed by atoms with van der Waals surface area (Å²) in [4.78, 5) is 12.1. The molecule has 0 saturated carbocycles. The van der Waals surface area contributed by atoms with E-state index in [1.165, 1.54) is 0 Å². The van der Waals surface area contributed by atoms with Crippen LogP contribution in [0, 0.1) is 0 Å². The highest BCUT2D eigenvalue weighted by atomic mass is 35.5. The quantitative estimate of drug-likeness (QED) is 0.893. The Bertz CT molecular complexity index is 721. The zero-order valence-corrected chi connectivity index (χ0v) is 13.4. The molecule has 1 aliphatic heterocycles. The first-order valence-corrected chi connectivity index (χ1v) is 7.72. The average molecular weight is 333 g/mol. The molecule has 1 atom stereocenters. The van der Waals surface area contributed by atoms with Gasteiger partial charge in [-0.25, -0.2) is 4.79 Å². The van der Waals surface area contributed by atoms with Gasteiger partial charge in [0.1, 0.15) is 13.2 Å². The Morgan fingerprint density at radius 1 is 1.13 bits per heavy atom. The number of carbonyl (C=O) groups excluding carboxylic acids is 1. The van der Waals surface area contributed by atoms with Gasteiger partial charge in [0, 0.05) is 10.7 Å². The summed E-state index contributed by atoms with van der Waals surface area (Å²) in [7, 11) is 0. The van der Waals surface area contributed by atoms with Crippen molar-refractivity contribution in [2.45, 2.75) is 13.0 Å². The molecule has 23 heavy (non-hydrogen) atoms. The minimum absolute atomic E-state index is 0.176. The molecule has 2 aromatic rings. The number of amides is 2. The van der Waals surface area contributed by atoms with Crippen molar-refractivity contribution in [3.05, 3.63) is 53.1 Å². The summed E-state index contributed by atoms with van der Waals surface area (Å²) in [5, 5.41) is 6.21. The lowest BCUT2D eigenvalue weighted by atomic mass is 10.1. The second-order valence-electron chi connectivity index (χ2n) is 5.23. The van der Waals surface area contributed by atoms with E-state index < -0.39 is 0 Å². The lowest BCUT2D eigenvalue weighted by Crippen LogP contribution is -2.31. The van der Waals surface area contributed by atoms with Gasteiger partial charge in [0.25, 0.3) is 0 Å². The fraction of sp³-hybridized carbons (Fsp3) is 0.235. The first-order valence-electron chi connectivity index (χ1n) is 7.34. The van der Waals surface area contributed by atoms with Crippen molar-refractivity contribution in [3.63, 3.8) is 0 Å². The van der Waals surface area contributed by atoms with Gasteiger partial charge in [-0.1, -0.05) is 23.7 Å². The summed E-state index contributed by atoms with van der Waals surface area (Å²) >= 11 is 5.90. The SMILES string of the molecule is CC(NC(=O)Nc1cccc(Cl)c1)c1ccc2c(c1)OCCO2. The number of fused-ring (bicyclic) bond motifs is 1. The Morgan fingerprint density at radius 3 is 2.70 bits per heavy atom. The number of hydrogen-bond donors (Lipinski definition) is 2. The molecule has 6 heteroatoms. The van der Waals surface area contributed by atoms with Crippen molar-refractivity contribution < 1.29 is 14.3 Å². The van der Waals surface area contributed by atoms with E-state index in [0.29, 0.717) is 29.7 Å². The number of urea groups is 1. The van der Waals surface area contributed by atoms with Crippen LogP contribution in [-0.4, -0.2) is 19.2 Å². The topological polar surface area (TPSA) is 59.6 Å². The Labute approximate surface area is 139 Å². The Hall–Kier alpha value is -2.40. The number of carbonyl (C=O) groups is 1. The number of hydrogen-bond acceptors (Lipinski definition) is 3. The number of rotatable bonds is 3. The minimum atomic E-state index is -0.297. The fourth-order valence-electron chi connectivity index (χ4n) is 2.34. The summed E-state index contributed by atoms with van der Waals surface area (Å²) < 4.78 is 11.1. The maximum atomic E-state index is 12.1. The lowest BCUT2D eigenvalue weighted by molar-refractivity contribution is 0.171. The summed E-state index contributed by atoms with van der Waals surface area (Å²) in [6.07, 6.45) is 0. The van der Waals surface area contributed by atoms with Crippen LogP contribution < -0.4 is 20.1 Å². The molecule has 0 fully saturated rings. The van der Waals surface area contributed by atoms with E-state index in [-0.39, 0.29) is 12.1 Å². The molecule has 0 bridgehead atoms. The highest BCUT2D eigenvalue weighted by Crippen LogP contribution is 2.32. The largest absolute Gasteiger partial charge is 0.486 e. The molecule has 1 aliphatic rings. The number of halogens is 1. The van der Waals surface area contributed by atoms with Crippen LogP contribution in [-0.2, 0) is 0 Å². The summed E-state index contributed by atoms with van der Waals surface area (Å²) in [6.45, 7) is 3.00. The molecule has 1 unspecified atom stereocenters. The molecular weight excluding hydrogens is 316 g/mol. The van der Waals surface area contributed by atoms with E-state index in [9.17, 15) is 4.79 Å². The standard InChI is InChI=1S/C17H17ClN2O3/c1-11(12-5-6-15-16(9-12)23-8-7-22-15)19-17(21)20-14-4-2-3-13(18)10-14/h2-6,9-11H,7-8H2,1H3,(H2,19,20,21). The molecule has 120 valence electrons. The Balaban J connectivity index is 1.64. The average Bonchev–Trinajstić information content (AvgIpc) is 2.54. The van der Waals surface area contributed by atoms with Gasteiger partial charge in [-0.3, -0.25) is 0 Å². The van der Waals surface area contributed by atoms with Crippen LogP contribution in [0.1, 0.15) is 18.5 Å². The zero-order valence-electron chi connectivity index (χ0n) is 12.6. The van der Waals surface area contributed by atoms with Gasteiger partial charge in [-0.2, -0.15) is 0 Å². The Morgan fingerprint density at radius 2 is 1.91 bits per heavy atom. The van der Waals surface area contributed by atoms with E-state index in [0.717, 1.165) is 11.3 Å². The molecular formula is C17H17ClN2O3. The van der Waals surface area contributed by atoms with Crippen LogP contribution in [0.3, 0.4) is 0 Å². The minimum Gasteiger partial charge on any atom is -0.486 e. The van der Waals surface area contributed by atoms with Gasteiger partial charge in [0.2, 0.25) is 0 Å². The third kappa shape index (κ3) is 3.87. The lowest BCUT2D eigenvalue weighted by Gasteiger charge is -2.21. The summed E-state index contributed by atoms with van der Waals surface area (Å²) in [5.74, 6) is 1.44. The van der Waals surface area contributed by atoms with Crippen molar-refractivity contribution in [3.8, 4) is 11.5 Å². The molecule has 3 rings (SSSR count). The van der Waals surface area contributed by atoms with Crippen LogP contribution in [0.5, 0.6) is 11.5 Å². The Kier molecular flexibility index (Phi) is 4.57. The van der Waals surface area contributed by atoms with Crippen molar-refractivity contribution in [1.29, 1.82) is 0 Å². The molecule has 0 aromatic heterocycles. The van der Waals surface area contributed by atoms with Crippen molar-refractivity contribution in [2.24, 2.45) is 0 Å². The number of ether oxygens (including phenoxy) is 2. The predicted molar refractivity (Wildman–Crippen MR) is 89.5 cm³/mol. The van der Waals surface area contributed by atoms with Gasteiger partial charge in [0.05, 0.1) is 6.04 Å². The number of anilines is 1.